The maximum Gasteiger partial charge on any atom is 0.118 e. The van der Waals surface area contributed by atoms with Gasteiger partial charge in [-0.15, -0.1) is 0 Å². The van der Waals surface area contributed by atoms with Crippen LogP contribution >= 0.6 is 0 Å². The van der Waals surface area contributed by atoms with Gasteiger partial charge in [-0.1, -0.05) is 12.1 Å². The Labute approximate surface area is 115 Å². The Balaban J connectivity index is 1.95. The van der Waals surface area contributed by atoms with E-state index in [1.807, 2.05) is 48.5 Å². The monoisotopic (exact) mass is 275 g/mol. The number of methoxy groups -OCH3 is 1. The van der Waals surface area contributed by atoms with Crippen molar-refractivity contribution < 1.29 is 8.95 Å². The molecule has 4 heteroatoms. The van der Waals surface area contributed by atoms with Crippen molar-refractivity contribution in [1.29, 1.82) is 0 Å². The first kappa shape index (κ1) is 13.6. The number of benzene rings is 2. The minimum Gasteiger partial charge on any atom is -0.497 e. The maximum absolute atomic E-state index is 12.1. The Hall–Kier alpha value is -1.81. The number of hydrogen-bond acceptors (Lipinski definition) is 3. The van der Waals surface area contributed by atoms with Crippen molar-refractivity contribution in [3.63, 3.8) is 0 Å². The van der Waals surface area contributed by atoms with Crippen molar-refractivity contribution in [3.8, 4) is 5.75 Å². The highest BCUT2D eigenvalue weighted by Gasteiger charge is 2.04. The number of rotatable bonds is 5. The third kappa shape index (κ3) is 3.83. The molecule has 0 saturated carbocycles. The first-order chi connectivity index (χ1) is 9.19. The highest BCUT2D eigenvalue weighted by molar-refractivity contribution is 7.85. The molecule has 1 atom stereocenters. The molecule has 0 aliphatic heterocycles. The first-order valence-electron chi connectivity index (χ1n) is 6.06. The van der Waals surface area contributed by atoms with Gasteiger partial charge >= 0.3 is 0 Å². The second-order valence-electron chi connectivity index (χ2n) is 4.22. The van der Waals surface area contributed by atoms with E-state index in [-0.39, 0.29) is 0 Å². The van der Waals surface area contributed by atoms with Crippen molar-refractivity contribution in [2.45, 2.75) is 11.3 Å². The van der Waals surface area contributed by atoms with Gasteiger partial charge in [-0.2, -0.15) is 0 Å². The zero-order valence-corrected chi connectivity index (χ0v) is 11.7. The van der Waals surface area contributed by atoms with Gasteiger partial charge in [0.1, 0.15) is 5.75 Å². The molecule has 0 fully saturated rings. The molecule has 100 valence electrons. The molecule has 3 nitrogen and oxygen atoms in total. The van der Waals surface area contributed by atoms with E-state index in [1.54, 1.807) is 7.11 Å². The van der Waals surface area contributed by atoms with Gasteiger partial charge in [-0.05, 0) is 48.4 Å². The quantitative estimate of drug-likeness (QED) is 0.853. The minimum absolute atomic E-state index is 0.607. The van der Waals surface area contributed by atoms with Crippen LogP contribution in [0, 0.1) is 0 Å². The second kappa shape index (κ2) is 6.38. The third-order valence-corrected chi connectivity index (χ3v) is 4.25. The van der Waals surface area contributed by atoms with Gasteiger partial charge in [0, 0.05) is 16.3 Å². The Bertz CT molecular complexity index is 549. The van der Waals surface area contributed by atoms with E-state index in [2.05, 4.69) is 0 Å². The van der Waals surface area contributed by atoms with Crippen LogP contribution in [-0.2, 0) is 17.2 Å². The van der Waals surface area contributed by atoms with E-state index in [1.165, 1.54) is 0 Å². The van der Waals surface area contributed by atoms with Crippen LogP contribution in [0.1, 0.15) is 5.56 Å². The second-order valence-corrected chi connectivity index (χ2v) is 5.79. The van der Waals surface area contributed by atoms with Gasteiger partial charge in [0.25, 0.3) is 0 Å². The maximum atomic E-state index is 12.1. The zero-order valence-electron chi connectivity index (χ0n) is 10.8. The largest absolute Gasteiger partial charge is 0.497 e. The van der Waals surface area contributed by atoms with Gasteiger partial charge < -0.3 is 10.5 Å². The van der Waals surface area contributed by atoms with Crippen LogP contribution < -0.4 is 10.5 Å². The topological polar surface area (TPSA) is 52.3 Å². The van der Waals surface area contributed by atoms with Crippen LogP contribution in [0.25, 0.3) is 0 Å². The first-order valence-corrected chi connectivity index (χ1v) is 7.38. The van der Waals surface area contributed by atoms with Gasteiger partial charge in [0.2, 0.25) is 0 Å². The lowest BCUT2D eigenvalue weighted by atomic mass is 10.2. The van der Waals surface area contributed by atoms with E-state index < -0.39 is 10.8 Å². The van der Waals surface area contributed by atoms with E-state index in [0.717, 1.165) is 28.3 Å². The van der Waals surface area contributed by atoms with Crippen LogP contribution in [0.2, 0.25) is 0 Å². The van der Waals surface area contributed by atoms with Crippen LogP contribution in [0.3, 0.4) is 0 Å². The SMILES string of the molecule is COc1ccc(S(=O)CCc2ccc(N)cc2)cc1. The van der Waals surface area contributed by atoms with E-state index >= 15 is 0 Å². The summed E-state index contributed by atoms with van der Waals surface area (Å²) in [6, 6.07) is 15.0. The fraction of sp³-hybridized carbons (Fsp3) is 0.200. The number of ether oxygens (including phenoxy) is 1. The van der Waals surface area contributed by atoms with Crippen LogP contribution in [0.15, 0.2) is 53.4 Å². The summed E-state index contributed by atoms with van der Waals surface area (Å²) in [5.41, 5.74) is 7.53. The molecule has 0 aromatic heterocycles. The lowest BCUT2D eigenvalue weighted by Crippen LogP contribution is -2.01. The molecule has 0 amide bonds. The molecule has 0 aliphatic rings. The molecule has 2 rings (SSSR count). The van der Waals surface area contributed by atoms with E-state index in [9.17, 15) is 4.21 Å². The molecule has 1 unspecified atom stereocenters. The fourth-order valence-electron chi connectivity index (χ4n) is 1.74. The van der Waals surface area contributed by atoms with Crippen LogP contribution in [0.4, 0.5) is 5.69 Å². The van der Waals surface area contributed by atoms with Gasteiger partial charge in [-0.3, -0.25) is 4.21 Å². The standard InChI is InChI=1S/C15H17NO2S/c1-18-14-6-8-15(9-7-14)19(17)11-10-12-2-4-13(16)5-3-12/h2-9H,10-11,16H2,1H3. The van der Waals surface area contributed by atoms with Gasteiger partial charge in [-0.25, -0.2) is 0 Å². The summed E-state index contributed by atoms with van der Waals surface area (Å²) in [5, 5.41) is 0. The van der Waals surface area contributed by atoms with Crippen molar-refractivity contribution in [2.24, 2.45) is 0 Å². The number of aryl methyl sites for hydroxylation is 1. The van der Waals surface area contributed by atoms with Crippen molar-refractivity contribution in [1.82, 2.24) is 0 Å². The molecule has 0 bridgehead atoms. The Morgan fingerprint density at radius 2 is 1.68 bits per heavy atom. The molecule has 0 spiro atoms. The average molecular weight is 275 g/mol. The molecule has 2 aromatic carbocycles. The normalized spacial score (nSPS) is 12.1. The summed E-state index contributed by atoms with van der Waals surface area (Å²) in [6.45, 7) is 0. The lowest BCUT2D eigenvalue weighted by molar-refractivity contribution is 0.414. The predicted molar refractivity (Wildman–Crippen MR) is 78.8 cm³/mol. The molecule has 0 heterocycles. The Kier molecular flexibility index (Phi) is 4.58. The zero-order chi connectivity index (χ0) is 13.7. The Morgan fingerprint density at radius 3 is 2.26 bits per heavy atom. The van der Waals surface area contributed by atoms with Crippen LogP contribution in [0.5, 0.6) is 5.75 Å². The molecule has 0 saturated heterocycles. The molecule has 2 aromatic rings. The average Bonchev–Trinajstić information content (AvgIpc) is 2.46. The predicted octanol–water partition coefficient (Wildman–Crippen LogP) is 2.63. The van der Waals surface area contributed by atoms with Gasteiger partial charge in [0.15, 0.2) is 0 Å². The van der Waals surface area contributed by atoms with Crippen molar-refractivity contribution >= 4 is 16.5 Å². The lowest BCUT2D eigenvalue weighted by Gasteiger charge is -2.04. The molecular weight excluding hydrogens is 258 g/mol. The summed E-state index contributed by atoms with van der Waals surface area (Å²) in [7, 11) is 0.632. The number of nitrogens with two attached hydrogens (primary N) is 1. The third-order valence-electron chi connectivity index (χ3n) is 2.88. The molecular formula is C15H17NO2S. The summed E-state index contributed by atoms with van der Waals surface area (Å²) in [5.74, 6) is 1.38. The highest BCUT2D eigenvalue weighted by atomic mass is 32.2. The van der Waals surface area contributed by atoms with Crippen molar-refractivity contribution in [3.05, 3.63) is 54.1 Å². The number of anilines is 1. The highest BCUT2D eigenvalue weighted by Crippen LogP contribution is 2.15. The molecule has 0 aliphatic carbocycles. The molecule has 19 heavy (non-hydrogen) atoms. The van der Waals surface area contributed by atoms with Gasteiger partial charge in [0.05, 0.1) is 17.9 Å². The minimum atomic E-state index is -0.986. The summed E-state index contributed by atoms with van der Waals surface area (Å²) < 4.78 is 17.2. The summed E-state index contributed by atoms with van der Waals surface area (Å²) in [6.07, 6.45) is 0.777. The smallest absolute Gasteiger partial charge is 0.118 e. The molecule has 2 N–H and O–H groups in total. The number of hydrogen-bond donors (Lipinski definition) is 1. The van der Waals surface area contributed by atoms with Crippen LogP contribution in [-0.4, -0.2) is 17.1 Å². The van der Waals surface area contributed by atoms with E-state index in [4.69, 9.17) is 10.5 Å². The fourth-order valence-corrected chi connectivity index (χ4v) is 2.84. The van der Waals surface area contributed by atoms with E-state index in [0.29, 0.717) is 5.75 Å². The summed E-state index contributed by atoms with van der Waals surface area (Å²) >= 11 is 0. The Morgan fingerprint density at radius 1 is 1.05 bits per heavy atom. The molecule has 0 radical (unpaired) electrons. The van der Waals surface area contributed by atoms with Crippen molar-refractivity contribution in [2.75, 3.05) is 18.6 Å². The number of nitrogen functional groups attached to an aromatic ring is 1. The summed E-state index contributed by atoms with van der Waals surface area (Å²) in [4.78, 5) is 0.830.